The second-order valence-electron chi connectivity index (χ2n) is 3.72. The molecule has 2 N–H and O–H groups in total. The summed E-state index contributed by atoms with van der Waals surface area (Å²) in [7, 11) is 0. The number of benzene rings is 1. The molecule has 1 amide bonds. The van der Waals surface area contributed by atoms with Gasteiger partial charge in [-0.1, -0.05) is 17.0 Å². The van der Waals surface area contributed by atoms with Crippen LogP contribution in [0.25, 0.3) is 0 Å². The van der Waals surface area contributed by atoms with E-state index in [1.165, 1.54) is 12.5 Å². The number of aliphatic hydroxyl groups is 1. The minimum absolute atomic E-state index is 0.0478. The molecule has 1 aromatic heterocycles. The lowest BCUT2D eigenvalue weighted by molar-refractivity contribution is 0.102. The Morgan fingerprint density at radius 3 is 2.79 bits per heavy atom. The zero-order valence-electron chi connectivity index (χ0n) is 10.1. The van der Waals surface area contributed by atoms with Crippen molar-refractivity contribution < 1.29 is 14.4 Å². The van der Waals surface area contributed by atoms with Gasteiger partial charge in [-0.05, 0) is 24.3 Å². The molecule has 5 nitrogen and oxygen atoms in total. The fourth-order valence-corrected chi connectivity index (χ4v) is 1.40. The predicted molar refractivity (Wildman–Crippen MR) is 69.5 cm³/mol. The molecule has 0 radical (unpaired) electrons. The van der Waals surface area contributed by atoms with E-state index < -0.39 is 0 Å². The zero-order valence-corrected chi connectivity index (χ0v) is 10.1. The molecule has 0 unspecified atom stereocenters. The van der Waals surface area contributed by atoms with E-state index in [9.17, 15) is 4.79 Å². The molecule has 2 aromatic rings. The van der Waals surface area contributed by atoms with Crippen LogP contribution in [0.2, 0.25) is 0 Å². The zero-order chi connectivity index (χ0) is 13.5. The first-order valence-electron chi connectivity index (χ1n) is 5.70. The number of rotatable bonds is 3. The van der Waals surface area contributed by atoms with Gasteiger partial charge in [0.05, 0.1) is 12.8 Å². The topological polar surface area (TPSA) is 75.4 Å². The van der Waals surface area contributed by atoms with Crippen LogP contribution in [0.5, 0.6) is 0 Å². The highest BCUT2D eigenvalue weighted by molar-refractivity contribution is 6.04. The quantitative estimate of drug-likeness (QED) is 0.819. The third kappa shape index (κ3) is 3.69. The number of hydrogen-bond acceptors (Lipinski definition) is 4. The molecule has 19 heavy (non-hydrogen) atoms. The Bertz CT molecular complexity index is 592. The number of aromatic nitrogens is 1. The summed E-state index contributed by atoms with van der Waals surface area (Å²) in [5, 5.41) is 14.8. The van der Waals surface area contributed by atoms with Gasteiger partial charge in [-0.2, -0.15) is 0 Å². The molecule has 0 aliphatic carbocycles. The van der Waals surface area contributed by atoms with Crippen molar-refractivity contribution in [1.82, 2.24) is 5.16 Å². The highest BCUT2D eigenvalue weighted by Gasteiger charge is 2.06. The van der Waals surface area contributed by atoms with Gasteiger partial charge in [0.2, 0.25) is 0 Å². The van der Waals surface area contributed by atoms with Gasteiger partial charge in [0, 0.05) is 17.5 Å². The van der Waals surface area contributed by atoms with Crippen molar-refractivity contribution >= 4 is 11.6 Å². The minimum Gasteiger partial charge on any atom is -0.395 e. The van der Waals surface area contributed by atoms with E-state index >= 15 is 0 Å². The van der Waals surface area contributed by atoms with Crippen LogP contribution in [0, 0.1) is 11.8 Å². The lowest BCUT2D eigenvalue weighted by Gasteiger charge is -2.01. The fourth-order valence-electron chi connectivity index (χ4n) is 1.40. The molecule has 0 aliphatic rings. The van der Waals surface area contributed by atoms with Crippen LogP contribution in [0.3, 0.4) is 0 Å². The lowest BCUT2D eigenvalue weighted by Crippen LogP contribution is -2.11. The van der Waals surface area contributed by atoms with E-state index in [1.807, 2.05) is 0 Å². The normalized spacial score (nSPS) is 9.53. The number of aliphatic hydroxyl groups excluding tert-OH is 1. The molecule has 5 heteroatoms. The molecule has 1 heterocycles. The maximum atomic E-state index is 11.8. The molecule has 0 fully saturated rings. The second kappa shape index (κ2) is 6.38. The van der Waals surface area contributed by atoms with Gasteiger partial charge in [-0.15, -0.1) is 0 Å². The molecule has 2 rings (SSSR count). The number of amides is 1. The Hall–Kier alpha value is -2.58. The highest BCUT2D eigenvalue weighted by Crippen LogP contribution is 2.09. The van der Waals surface area contributed by atoms with Crippen molar-refractivity contribution in [3.05, 3.63) is 47.9 Å². The molecule has 0 spiro atoms. The molecule has 0 bridgehead atoms. The maximum Gasteiger partial charge on any atom is 0.255 e. The van der Waals surface area contributed by atoms with Crippen LogP contribution in [0.4, 0.5) is 5.69 Å². The number of nitrogens with one attached hydrogen (secondary N) is 1. The Morgan fingerprint density at radius 2 is 2.16 bits per heavy atom. The molecule has 1 aromatic carbocycles. The number of hydrogen-bond donors (Lipinski definition) is 2. The van der Waals surface area contributed by atoms with E-state index in [0.29, 0.717) is 17.7 Å². The molecule has 96 valence electrons. The molecule has 0 atom stereocenters. The average molecular weight is 256 g/mol. The molecular formula is C14H12N2O3. The summed E-state index contributed by atoms with van der Waals surface area (Å²) in [6.07, 6.45) is 3.22. The van der Waals surface area contributed by atoms with Gasteiger partial charge in [-0.3, -0.25) is 4.79 Å². The number of carbonyl (C=O) groups is 1. The van der Waals surface area contributed by atoms with Crippen molar-refractivity contribution in [2.75, 3.05) is 11.9 Å². The SMILES string of the molecule is O=C(Nc1cnoc1)c1ccc(C#CCCO)cc1. The van der Waals surface area contributed by atoms with Crippen molar-refractivity contribution in [2.24, 2.45) is 0 Å². The number of carbonyl (C=O) groups excluding carboxylic acids is 1. The van der Waals surface area contributed by atoms with Gasteiger partial charge in [0.1, 0.15) is 12.0 Å². The van der Waals surface area contributed by atoms with Crippen LogP contribution >= 0.6 is 0 Å². The highest BCUT2D eigenvalue weighted by atomic mass is 16.5. The van der Waals surface area contributed by atoms with Gasteiger partial charge in [0.15, 0.2) is 0 Å². The van der Waals surface area contributed by atoms with Crippen LogP contribution in [0.1, 0.15) is 22.3 Å². The summed E-state index contributed by atoms with van der Waals surface area (Å²) >= 11 is 0. The maximum absolute atomic E-state index is 11.8. The predicted octanol–water partition coefficient (Wildman–Crippen LogP) is 1.66. The first-order valence-corrected chi connectivity index (χ1v) is 5.70. The van der Waals surface area contributed by atoms with E-state index in [1.54, 1.807) is 24.3 Å². The average Bonchev–Trinajstić information content (AvgIpc) is 2.93. The molecular weight excluding hydrogens is 244 g/mol. The van der Waals surface area contributed by atoms with E-state index in [4.69, 9.17) is 5.11 Å². The van der Waals surface area contributed by atoms with Crippen LogP contribution in [-0.4, -0.2) is 22.8 Å². The number of anilines is 1. The molecule has 0 saturated carbocycles. The van der Waals surface area contributed by atoms with Gasteiger partial charge in [0.25, 0.3) is 5.91 Å². The van der Waals surface area contributed by atoms with Crippen molar-refractivity contribution in [1.29, 1.82) is 0 Å². The van der Waals surface area contributed by atoms with Crippen molar-refractivity contribution in [3.8, 4) is 11.8 Å². The largest absolute Gasteiger partial charge is 0.395 e. The fraction of sp³-hybridized carbons (Fsp3) is 0.143. The Morgan fingerprint density at radius 1 is 1.37 bits per heavy atom. The van der Waals surface area contributed by atoms with Crippen molar-refractivity contribution in [2.45, 2.75) is 6.42 Å². The minimum atomic E-state index is -0.238. The van der Waals surface area contributed by atoms with Gasteiger partial charge < -0.3 is 14.9 Å². The van der Waals surface area contributed by atoms with E-state index in [0.717, 1.165) is 5.56 Å². The van der Waals surface area contributed by atoms with Gasteiger partial charge >= 0.3 is 0 Å². The summed E-state index contributed by atoms with van der Waals surface area (Å²) in [6, 6.07) is 6.89. The summed E-state index contributed by atoms with van der Waals surface area (Å²) < 4.78 is 4.62. The Kier molecular flexibility index (Phi) is 4.32. The summed E-state index contributed by atoms with van der Waals surface area (Å²) in [4.78, 5) is 11.8. The third-order valence-electron chi connectivity index (χ3n) is 2.31. The van der Waals surface area contributed by atoms with Crippen LogP contribution < -0.4 is 5.32 Å². The summed E-state index contributed by atoms with van der Waals surface area (Å²) in [5.74, 6) is 5.47. The lowest BCUT2D eigenvalue weighted by atomic mass is 10.1. The molecule has 0 aliphatic heterocycles. The Balaban J connectivity index is 2.02. The Labute approximate surface area is 110 Å². The second-order valence-corrected chi connectivity index (χ2v) is 3.72. The monoisotopic (exact) mass is 256 g/mol. The summed E-state index contributed by atoms with van der Waals surface area (Å²) in [6.45, 7) is 0.0478. The third-order valence-corrected chi connectivity index (χ3v) is 2.31. The van der Waals surface area contributed by atoms with Gasteiger partial charge in [-0.25, -0.2) is 0 Å². The van der Waals surface area contributed by atoms with E-state index in [-0.39, 0.29) is 12.5 Å². The standard InChI is InChI=1S/C14H12N2O3/c17-8-2-1-3-11-4-6-12(7-5-11)14(18)16-13-9-15-19-10-13/h4-7,9-10,17H,2,8H2,(H,16,18). The first-order chi connectivity index (χ1) is 9.29. The summed E-state index contributed by atoms with van der Waals surface area (Å²) in [5.41, 5.74) is 1.83. The van der Waals surface area contributed by atoms with E-state index in [2.05, 4.69) is 26.8 Å². The van der Waals surface area contributed by atoms with Crippen molar-refractivity contribution in [3.63, 3.8) is 0 Å². The van der Waals surface area contributed by atoms with Crippen LogP contribution in [-0.2, 0) is 0 Å². The van der Waals surface area contributed by atoms with Crippen LogP contribution in [0.15, 0.2) is 41.2 Å². The first kappa shape index (κ1) is 12.9. The molecule has 0 saturated heterocycles. The number of nitrogens with zero attached hydrogens (tertiary/aromatic N) is 1. The smallest absolute Gasteiger partial charge is 0.255 e.